The number of ether oxygens (including phenoxy) is 1. The number of aryl methyl sites for hydroxylation is 1. The predicted octanol–water partition coefficient (Wildman–Crippen LogP) is 1.95. The van der Waals surface area contributed by atoms with Crippen LogP contribution in [0.15, 0.2) is 47.5 Å². The van der Waals surface area contributed by atoms with Crippen LogP contribution in [-0.2, 0) is 24.3 Å². The molecule has 0 saturated carbocycles. The second kappa shape index (κ2) is 8.93. The average Bonchev–Trinajstić information content (AvgIpc) is 3.26. The molecule has 4 rings (SSSR count). The summed E-state index contributed by atoms with van der Waals surface area (Å²) in [4.78, 5) is 28.9. The summed E-state index contributed by atoms with van der Waals surface area (Å²) in [5.74, 6) is -1.55. The number of nitrogens with zero attached hydrogens (tertiary/aromatic N) is 2. The van der Waals surface area contributed by atoms with Crippen molar-refractivity contribution in [2.75, 3.05) is 36.3 Å². The van der Waals surface area contributed by atoms with Crippen LogP contribution in [0, 0.1) is 18.3 Å². The van der Waals surface area contributed by atoms with Gasteiger partial charge in [-0.05, 0) is 36.8 Å². The molecule has 0 bridgehead atoms. The summed E-state index contributed by atoms with van der Waals surface area (Å²) in [6.45, 7) is 3.20. The van der Waals surface area contributed by atoms with E-state index in [1.165, 1.54) is 35.4 Å². The van der Waals surface area contributed by atoms with E-state index in [9.17, 15) is 23.3 Å². The van der Waals surface area contributed by atoms with Gasteiger partial charge in [0.25, 0.3) is 10.0 Å². The molecule has 0 atom stereocenters. The van der Waals surface area contributed by atoms with Gasteiger partial charge in [-0.1, -0.05) is 12.1 Å². The number of rotatable bonds is 4. The zero-order valence-corrected chi connectivity index (χ0v) is 18.5. The van der Waals surface area contributed by atoms with Crippen molar-refractivity contribution in [1.82, 2.24) is 9.88 Å². The van der Waals surface area contributed by atoms with Gasteiger partial charge in [-0.25, -0.2) is 8.42 Å². The Balaban J connectivity index is 1.55. The molecule has 1 aliphatic rings. The van der Waals surface area contributed by atoms with Crippen LogP contribution in [0.5, 0.6) is 0 Å². The van der Waals surface area contributed by atoms with Crippen molar-refractivity contribution in [2.45, 2.75) is 11.8 Å². The van der Waals surface area contributed by atoms with Crippen molar-refractivity contribution >= 4 is 44.1 Å². The normalized spacial score (nSPS) is 14.0. The van der Waals surface area contributed by atoms with Gasteiger partial charge in [0.05, 0.1) is 34.9 Å². The number of benzene rings is 2. The van der Waals surface area contributed by atoms with E-state index in [2.05, 4.69) is 21.1 Å². The molecule has 0 aliphatic carbocycles. The van der Waals surface area contributed by atoms with Crippen LogP contribution < -0.4 is 10.0 Å². The standard InChI is InChI=1S/C22H21N5O5S/c1-14-5-6-18(20-19(14)15(12-23)13-24-20)26-33(30,31)17-4-2-3-16(11-17)25-21(28)22(29)27-7-9-32-10-8-27/h2-6,11,13,24,26H,7-10H2,1H3,(H,25,28). The van der Waals surface area contributed by atoms with E-state index in [1.54, 1.807) is 12.1 Å². The van der Waals surface area contributed by atoms with Gasteiger partial charge in [-0.2, -0.15) is 5.26 Å². The third-order valence-electron chi connectivity index (χ3n) is 5.30. The number of sulfonamides is 1. The van der Waals surface area contributed by atoms with E-state index < -0.39 is 21.8 Å². The number of hydrogen-bond donors (Lipinski definition) is 3. The fourth-order valence-corrected chi connectivity index (χ4v) is 4.75. The summed E-state index contributed by atoms with van der Waals surface area (Å²) in [6, 6.07) is 11.0. The second-order valence-corrected chi connectivity index (χ2v) is 9.17. The van der Waals surface area contributed by atoms with Gasteiger partial charge in [-0.15, -0.1) is 0 Å². The number of aromatic amines is 1. The Bertz CT molecular complexity index is 1380. The number of hydrogen-bond acceptors (Lipinski definition) is 6. The van der Waals surface area contributed by atoms with E-state index in [0.717, 1.165) is 5.56 Å². The maximum Gasteiger partial charge on any atom is 0.313 e. The van der Waals surface area contributed by atoms with Crippen molar-refractivity contribution in [3.8, 4) is 6.07 Å². The molecule has 3 aromatic rings. The Hall–Kier alpha value is -3.88. The molecule has 33 heavy (non-hydrogen) atoms. The molecule has 1 aliphatic heterocycles. The summed E-state index contributed by atoms with van der Waals surface area (Å²) in [7, 11) is -4.03. The van der Waals surface area contributed by atoms with Crippen LogP contribution in [0.3, 0.4) is 0 Å². The summed E-state index contributed by atoms with van der Waals surface area (Å²) in [5.41, 5.74) is 2.20. The van der Waals surface area contributed by atoms with Crippen LogP contribution in [-0.4, -0.2) is 56.4 Å². The maximum atomic E-state index is 13.0. The third kappa shape index (κ3) is 4.52. The zero-order valence-electron chi connectivity index (χ0n) is 17.7. The van der Waals surface area contributed by atoms with Gasteiger partial charge in [-0.3, -0.25) is 14.3 Å². The molecule has 170 valence electrons. The van der Waals surface area contributed by atoms with Gasteiger partial charge >= 0.3 is 11.8 Å². The number of H-pyrrole nitrogens is 1. The first-order valence-corrected chi connectivity index (χ1v) is 11.6. The number of nitrogens with one attached hydrogen (secondary N) is 3. The Morgan fingerprint density at radius 2 is 1.94 bits per heavy atom. The molecule has 10 nitrogen and oxygen atoms in total. The number of amides is 2. The molecular formula is C22H21N5O5S. The van der Waals surface area contributed by atoms with Crippen LogP contribution in [0.1, 0.15) is 11.1 Å². The van der Waals surface area contributed by atoms with E-state index >= 15 is 0 Å². The largest absolute Gasteiger partial charge is 0.378 e. The molecule has 0 spiro atoms. The number of morpholine rings is 1. The Kier molecular flexibility index (Phi) is 6.04. The fourth-order valence-electron chi connectivity index (χ4n) is 3.63. The van der Waals surface area contributed by atoms with E-state index in [4.69, 9.17) is 4.74 Å². The summed E-state index contributed by atoms with van der Waals surface area (Å²) in [6.07, 6.45) is 1.52. The molecule has 0 unspecified atom stereocenters. The summed E-state index contributed by atoms with van der Waals surface area (Å²) in [5, 5.41) is 12.4. The first kappa shape index (κ1) is 22.3. The summed E-state index contributed by atoms with van der Waals surface area (Å²) >= 11 is 0. The number of aromatic nitrogens is 1. The Morgan fingerprint density at radius 3 is 2.67 bits per heavy atom. The lowest BCUT2D eigenvalue weighted by Gasteiger charge is -2.26. The Morgan fingerprint density at radius 1 is 1.18 bits per heavy atom. The molecule has 3 N–H and O–H groups in total. The molecule has 2 aromatic carbocycles. The lowest BCUT2D eigenvalue weighted by Crippen LogP contribution is -2.45. The van der Waals surface area contributed by atoms with Gasteiger partial charge in [0.2, 0.25) is 0 Å². The van der Waals surface area contributed by atoms with Crippen LogP contribution in [0.25, 0.3) is 10.9 Å². The van der Waals surface area contributed by atoms with Gasteiger partial charge < -0.3 is 19.9 Å². The first-order chi connectivity index (χ1) is 15.8. The Labute approximate surface area is 190 Å². The van der Waals surface area contributed by atoms with Crippen molar-refractivity contribution in [1.29, 1.82) is 5.26 Å². The smallest absolute Gasteiger partial charge is 0.313 e. The first-order valence-electron chi connectivity index (χ1n) is 10.1. The van der Waals surface area contributed by atoms with Gasteiger partial charge in [0.15, 0.2) is 0 Å². The van der Waals surface area contributed by atoms with E-state index in [-0.39, 0.29) is 16.3 Å². The molecule has 2 amide bonds. The molecular weight excluding hydrogens is 446 g/mol. The average molecular weight is 468 g/mol. The van der Waals surface area contributed by atoms with Crippen molar-refractivity contribution in [3.63, 3.8) is 0 Å². The lowest BCUT2D eigenvalue weighted by atomic mass is 10.1. The molecule has 1 saturated heterocycles. The number of carbonyl (C=O) groups is 2. The molecule has 2 heterocycles. The number of carbonyl (C=O) groups excluding carboxylic acids is 2. The minimum Gasteiger partial charge on any atom is -0.378 e. The predicted molar refractivity (Wildman–Crippen MR) is 121 cm³/mol. The monoisotopic (exact) mass is 467 g/mol. The fraction of sp³-hybridized carbons (Fsp3) is 0.227. The SMILES string of the molecule is Cc1ccc(NS(=O)(=O)c2cccc(NC(=O)C(=O)N3CCOCC3)c2)c2[nH]cc(C#N)c12. The molecule has 1 aromatic heterocycles. The highest BCUT2D eigenvalue weighted by molar-refractivity contribution is 7.92. The minimum atomic E-state index is -4.03. The number of anilines is 2. The van der Waals surface area contributed by atoms with E-state index in [0.29, 0.717) is 42.8 Å². The van der Waals surface area contributed by atoms with E-state index in [1.807, 2.05) is 6.92 Å². The number of nitriles is 1. The van der Waals surface area contributed by atoms with Crippen molar-refractivity contribution < 1.29 is 22.7 Å². The highest BCUT2D eigenvalue weighted by Crippen LogP contribution is 2.30. The molecule has 1 fully saturated rings. The number of fused-ring (bicyclic) bond motifs is 1. The van der Waals surface area contributed by atoms with Gasteiger partial charge in [0, 0.05) is 30.4 Å². The lowest BCUT2D eigenvalue weighted by molar-refractivity contribution is -0.145. The maximum absolute atomic E-state index is 13.0. The molecule has 11 heteroatoms. The second-order valence-electron chi connectivity index (χ2n) is 7.49. The summed E-state index contributed by atoms with van der Waals surface area (Å²) < 4.78 is 33.8. The van der Waals surface area contributed by atoms with Crippen LogP contribution >= 0.6 is 0 Å². The zero-order chi connectivity index (χ0) is 23.6. The van der Waals surface area contributed by atoms with Crippen molar-refractivity contribution in [2.24, 2.45) is 0 Å². The highest BCUT2D eigenvalue weighted by Gasteiger charge is 2.24. The third-order valence-corrected chi connectivity index (χ3v) is 6.67. The minimum absolute atomic E-state index is 0.0973. The quantitative estimate of drug-likeness (QED) is 0.500. The molecule has 0 radical (unpaired) electrons. The van der Waals surface area contributed by atoms with Crippen LogP contribution in [0.4, 0.5) is 11.4 Å². The van der Waals surface area contributed by atoms with Crippen LogP contribution in [0.2, 0.25) is 0 Å². The highest BCUT2D eigenvalue weighted by atomic mass is 32.2. The van der Waals surface area contributed by atoms with Gasteiger partial charge in [0.1, 0.15) is 6.07 Å². The topological polar surface area (TPSA) is 144 Å². The van der Waals surface area contributed by atoms with Crippen molar-refractivity contribution in [3.05, 3.63) is 53.7 Å².